The van der Waals surface area contributed by atoms with Crippen molar-refractivity contribution in [2.45, 2.75) is 39.4 Å². The van der Waals surface area contributed by atoms with E-state index in [2.05, 4.69) is 38.5 Å². The fourth-order valence-electron chi connectivity index (χ4n) is 2.27. The molecule has 0 saturated heterocycles. The van der Waals surface area contributed by atoms with E-state index in [9.17, 15) is 4.79 Å². The molecule has 0 spiro atoms. The Morgan fingerprint density at radius 1 is 1.26 bits per heavy atom. The highest BCUT2D eigenvalue weighted by Crippen LogP contribution is 2.15. The topological polar surface area (TPSA) is 50.2 Å². The van der Waals surface area contributed by atoms with Gasteiger partial charge in [-0.15, -0.1) is 0 Å². The molecule has 1 amide bonds. The molecule has 2 rings (SSSR count). The van der Waals surface area contributed by atoms with Crippen LogP contribution in [-0.4, -0.2) is 33.7 Å². The van der Waals surface area contributed by atoms with E-state index in [1.54, 1.807) is 10.9 Å². The van der Waals surface area contributed by atoms with Crippen molar-refractivity contribution in [3.8, 4) is 0 Å². The number of nitrogens with one attached hydrogen (secondary N) is 1. The fourth-order valence-corrected chi connectivity index (χ4v) is 2.53. The van der Waals surface area contributed by atoms with E-state index >= 15 is 0 Å². The van der Waals surface area contributed by atoms with E-state index in [1.165, 1.54) is 5.56 Å². The number of benzene rings is 1. The van der Waals surface area contributed by atoms with Crippen molar-refractivity contribution >= 4 is 27.7 Å². The molecular formula is C17H23BrN4O. The van der Waals surface area contributed by atoms with Gasteiger partial charge in [0.15, 0.2) is 0 Å². The summed E-state index contributed by atoms with van der Waals surface area (Å²) in [5.74, 6) is 0.695. The van der Waals surface area contributed by atoms with Crippen molar-refractivity contribution in [1.82, 2.24) is 14.7 Å². The van der Waals surface area contributed by atoms with Crippen molar-refractivity contribution in [1.29, 1.82) is 0 Å². The van der Waals surface area contributed by atoms with Gasteiger partial charge in [0.25, 0.3) is 0 Å². The number of aromatic nitrogens is 2. The largest absolute Gasteiger partial charge is 0.310 e. The van der Waals surface area contributed by atoms with E-state index < -0.39 is 0 Å². The average Bonchev–Trinajstić information content (AvgIpc) is 2.97. The first-order valence-corrected chi connectivity index (χ1v) is 8.47. The van der Waals surface area contributed by atoms with E-state index in [1.807, 2.05) is 50.9 Å². The van der Waals surface area contributed by atoms with Gasteiger partial charge >= 0.3 is 0 Å². The van der Waals surface area contributed by atoms with Crippen molar-refractivity contribution in [3.63, 3.8) is 0 Å². The van der Waals surface area contributed by atoms with Gasteiger partial charge in [-0.3, -0.25) is 9.69 Å². The first-order chi connectivity index (χ1) is 10.9. The highest BCUT2D eigenvalue weighted by molar-refractivity contribution is 9.10. The Hall–Kier alpha value is -1.66. The van der Waals surface area contributed by atoms with Crippen LogP contribution in [0, 0.1) is 0 Å². The number of halogens is 1. The molecule has 124 valence electrons. The maximum Gasteiger partial charge on any atom is 0.242 e. The average molecular weight is 379 g/mol. The zero-order valence-corrected chi connectivity index (χ0v) is 15.5. The maximum absolute atomic E-state index is 12.5. The molecule has 5 nitrogen and oxygen atoms in total. The molecule has 0 saturated carbocycles. The molecule has 0 bridgehead atoms. The van der Waals surface area contributed by atoms with E-state index in [4.69, 9.17) is 0 Å². The van der Waals surface area contributed by atoms with Crippen LogP contribution >= 0.6 is 15.9 Å². The van der Waals surface area contributed by atoms with Gasteiger partial charge < -0.3 is 5.32 Å². The van der Waals surface area contributed by atoms with Gasteiger partial charge in [-0.2, -0.15) is 5.10 Å². The van der Waals surface area contributed by atoms with Crippen LogP contribution in [0.15, 0.2) is 41.0 Å². The Morgan fingerprint density at radius 2 is 1.91 bits per heavy atom. The van der Waals surface area contributed by atoms with Crippen molar-refractivity contribution in [2.24, 2.45) is 0 Å². The van der Waals surface area contributed by atoms with Gasteiger partial charge in [-0.1, -0.05) is 28.1 Å². The van der Waals surface area contributed by atoms with Gasteiger partial charge in [0.1, 0.15) is 5.82 Å². The lowest BCUT2D eigenvalue weighted by Gasteiger charge is -2.24. The second-order valence-corrected chi connectivity index (χ2v) is 6.88. The molecule has 0 aliphatic rings. The number of carbonyl (C=O) groups excluding carboxylic acids is 1. The molecule has 0 aliphatic heterocycles. The molecule has 1 N–H and O–H groups in total. The Bertz CT molecular complexity index is 651. The van der Waals surface area contributed by atoms with Crippen molar-refractivity contribution in [3.05, 3.63) is 46.6 Å². The van der Waals surface area contributed by atoms with Crippen molar-refractivity contribution in [2.75, 3.05) is 12.4 Å². The molecule has 1 unspecified atom stereocenters. The Morgan fingerprint density at radius 3 is 2.52 bits per heavy atom. The summed E-state index contributed by atoms with van der Waals surface area (Å²) >= 11 is 3.43. The van der Waals surface area contributed by atoms with Crippen LogP contribution in [0.2, 0.25) is 0 Å². The van der Waals surface area contributed by atoms with E-state index in [-0.39, 0.29) is 18.0 Å². The smallest absolute Gasteiger partial charge is 0.242 e. The summed E-state index contributed by atoms with van der Waals surface area (Å²) in [6.45, 7) is 6.69. The van der Waals surface area contributed by atoms with Crippen LogP contribution in [0.3, 0.4) is 0 Å². The second kappa shape index (κ2) is 7.75. The SMILES string of the molecule is CC(C(=O)Nc1ccnn1C(C)C)N(C)Cc1ccc(Br)cc1. The quantitative estimate of drug-likeness (QED) is 0.833. The Labute approximate surface area is 145 Å². The van der Waals surface area contributed by atoms with Crippen LogP contribution in [0.25, 0.3) is 0 Å². The number of nitrogens with zero attached hydrogens (tertiary/aromatic N) is 3. The first kappa shape index (κ1) is 17.7. The van der Waals surface area contributed by atoms with Gasteiger partial charge in [-0.05, 0) is 45.5 Å². The third-order valence-corrected chi connectivity index (χ3v) is 4.33. The number of likely N-dealkylation sites (N-methyl/N-ethyl adjacent to an activating group) is 1. The number of hydrogen-bond donors (Lipinski definition) is 1. The van der Waals surface area contributed by atoms with Crippen LogP contribution in [0.4, 0.5) is 5.82 Å². The zero-order chi connectivity index (χ0) is 17.0. The molecule has 1 aromatic heterocycles. The molecule has 1 atom stereocenters. The highest BCUT2D eigenvalue weighted by atomic mass is 79.9. The zero-order valence-electron chi connectivity index (χ0n) is 14.0. The molecule has 1 heterocycles. The summed E-state index contributed by atoms with van der Waals surface area (Å²) < 4.78 is 2.86. The third-order valence-electron chi connectivity index (χ3n) is 3.80. The number of hydrogen-bond acceptors (Lipinski definition) is 3. The lowest BCUT2D eigenvalue weighted by molar-refractivity contribution is -0.120. The van der Waals surface area contributed by atoms with Crippen LogP contribution in [0.1, 0.15) is 32.4 Å². The second-order valence-electron chi connectivity index (χ2n) is 5.96. The highest BCUT2D eigenvalue weighted by Gasteiger charge is 2.20. The van der Waals surface area contributed by atoms with Gasteiger partial charge in [0.2, 0.25) is 5.91 Å². The van der Waals surface area contributed by atoms with Gasteiger partial charge in [-0.25, -0.2) is 4.68 Å². The maximum atomic E-state index is 12.5. The standard InChI is InChI=1S/C17H23BrN4O/c1-12(2)22-16(9-10-19-22)20-17(23)13(3)21(4)11-14-5-7-15(18)8-6-14/h5-10,12-13H,11H2,1-4H3,(H,20,23). The van der Waals surface area contributed by atoms with Crippen molar-refractivity contribution < 1.29 is 4.79 Å². The summed E-state index contributed by atoms with van der Waals surface area (Å²) in [6, 6.07) is 9.91. The molecule has 0 fully saturated rings. The molecule has 1 aromatic carbocycles. The monoisotopic (exact) mass is 378 g/mol. The molecule has 23 heavy (non-hydrogen) atoms. The van der Waals surface area contributed by atoms with Gasteiger partial charge in [0, 0.05) is 23.1 Å². The number of rotatable bonds is 6. The third kappa shape index (κ3) is 4.65. The number of amides is 1. The summed E-state index contributed by atoms with van der Waals surface area (Å²) in [4.78, 5) is 14.5. The van der Waals surface area contributed by atoms with Crippen LogP contribution < -0.4 is 5.32 Å². The van der Waals surface area contributed by atoms with E-state index in [0.29, 0.717) is 6.54 Å². The minimum atomic E-state index is -0.242. The van der Waals surface area contributed by atoms with E-state index in [0.717, 1.165) is 10.3 Å². The van der Waals surface area contributed by atoms with Gasteiger partial charge in [0.05, 0.1) is 12.2 Å². The summed E-state index contributed by atoms with van der Waals surface area (Å²) in [7, 11) is 1.95. The molecule has 2 aromatic rings. The molecule has 6 heteroatoms. The lowest BCUT2D eigenvalue weighted by Crippen LogP contribution is -2.39. The summed E-state index contributed by atoms with van der Waals surface area (Å²) in [6.07, 6.45) is 1.70. The molecule has 0 aliphatic carbocycles. The normalized spacial score (nSPS) is 12.7. The minimum absolute atomic E-state index is 0.0352. The molecule has 0 radical (unpaired) electrons. The van der Waals surface area contributed by atoms with Crippen LogP contribution in [-0.2, 0) is 11.3 Å². The predicted molar refractivity (Wildman–Crippen MR) is 96.3 cm³/mol. The first-order valence-electron chi connectivity index (χ1n) is 7.67. The minimum Gasteiger partial charge on any atom is -0.310 e. The fraction of sp³-hybridized carbons (Fsp3) is 0.412. The van der Waals surface area contributed by atoms with Crippen LogP contribution in [0.5, 0.6) is 0 Å². The Kier molecular flexibility index (Phi) is 5.96. The Balaban J connectivity index is 1.98. The predicted octanol–water partition coefficient (Wildman–Crippen LogP) is 3.69. The number of carbonyl (C=O) groups is 1. The summed E-state index contributed by atoms with van der Waals surface area (Å²) in [5.41, 5.74) is 1.17. The number of anilines is 1. The lowest BCUT2D eigenvalue weighted by atomic mass is 10.2. The summed E-state index contributed by atoms with van der Waals surface area (Å²) in [5, 5.41) is 7.19. The molecular weight excluding hydrogens is 356 g/mol.